The van der Waals surface area contributed by atoms with Crippen molar-refractivity contribution in [3.8, 4) is 17.4 Å². The van der Waals surface area contributed by atoms with Crippen molar-refractivity contribution in [1.29, 1.82) is 0 Å². The van der Waals surface area contributed by atoms with Gasteiger partial charge in [-0.1, -0.05) is 0 Å². The highest BCUT2D eigenvalue weighted by Crippen LogP contribution is 2.32. The molecule has 0 saturated carbocycles. The van der Waals surface area contributed by atoms with E-state index in [-0.39, 0.29) is 0 Å². The molecule has 17 heavy (non-hydrogen) atoms. The van der Waals surface area contributed by atoms with Crippen molar-refractivity contribution < 1.29 is 9.47 Å². The van der Waals surface area contributed by atoms with Crippen molar-refractivity contribution in [3.05, 3.63) is 41.0 Å². The summed E-state index contributed by atoms with van der Waals surface area (Å²) in [6, 6.07) is 8.89. The molecule has 2 N–H and O–H groups in total. The Morgan fingerprint density at radius 2 is 2.12 bits per heavy atom. The van der Waals surface area contributed by atoms with Crippen LogP contribution in [-0.4, -0.2) is 12.1 Å². The molecule has 0 spiro atoms. The number of rotatable bonds is 3. The Morgan fingerprint density at radius 1 is 1.29 bits per heavy atom. The quantitative estimate of drug-likeness (QED) is 0.883. The van der Waals surface area contributed by atoms with Gasteiger partial charge < -0.3 is 15.2 Å². The number of pyridine rings is 1. The third kappa shape index (κ3) is 2.68. The van der Waals surface area contributed by atoms with E-state index in [1.54, 1.807) is 31.5 Å². The lowest BCUT2D eigenvalue weighted by Crippen LogP contribution is -1.95. The summed E-state index contributed by atoms with van der Waals surface area (Å²) in [5.74, 6) is 1.71. The summed E-state index contributed by atoms with van der Waals surface area (Å²) < 4.78 is 11.4. The number of aromatic nitrogens is 1. The summed E-state index contributed by atoms with van der Waals surface area (Å²) in [4.78, 5) is 4.10. The maximum Gasteiger partial charge on any atom is 0.233 e. The van der Waals surface area contributed by atoms with Gasteiger partial charge >= 0.3 is 0 Å². The van der Waals surface area contributed by atoms with Gasteiger partial charge in [0.2, 0.25) is 5.88 Å². The Bertz CT molecular complexity index is 532. The minimum atomic E-state index is 0.476. The molecule has 0 saturated heterocycles. The van der Waals surface area contributed by atoms with Crippen LogP contribution < -0.4 is 15.2 Å². The van der Waals surface area contributed by atoms with Crippen LogP contribution >= 0.6 is 15.9 Å². The van der Waals surface area contributed by atoms with Crippen LogP contribution in [0.15, 0.2) is 41.0 Å². The van der Waals surface area contributed by atoms with Gasteiger partial charge in [-0.2, -0.15) is 0 Å². The highest BCUT2D eigenvalue weighted by molar-refractivity contribution is 9.10. The number of nitrogens with zero attached hydrogens (tertiary/aromatic N) is 1. The van der Waals surface area contributed by atoms with E-state index < -0.39 is 0 Å². The average molecular weight is 295 g/mol. The van der Waals surface area contributed by atoms with Gasteiger partial charge in [-0.15, -0.1) is 0 Å². The third-order valence-electron chi connectivity index (χ3n) is 2.15. The minimum Gasteiger partial charge on any atom is -0.497 e. The van der Waals surface area contributed by atoms with E-state index in [1.807, 2.05) is 12.1 Å². The summed E-state index contributed by atoms with van der Waals surface area (Å²) in [5.41, 5.74) is 6.35. The smallest absolute Gasteiger partial charge is 0.233 e. The summed E-state index contributed by atoms with van der Waals surface area (Å²) in [5, 5.41) is 0. The maximum absolute atomic E-state index is 5.85. The second kappa shape index (κ2) is 5.05. The van der Waals surface area contributed by atoms with Crippen molar-refractivity contribution in [2.75, 3.05) is 12.8 Å². The second-order valence-corrected chi connectivity index (χ2v) is 4.15. The Hall–Kier alpha value is -1.75. The van der Waals surface area contributed by atoms with Gasteiger partial charge in [-0.05, 0) is 40.2 Å². The van der Waals surface area contributed by atoms with Crippen molar-refractivity contribution in [2.45, 2.75) is 0 Å². The molecule has 0 atom stereocenters. The number of hydrogen-bond acceptors (Lipinski definition) is 4. The fourth-order valence-electron chi connectivity index (χ4n) is 1.30. The normalized spacial score (nSPS) is 10.0. The van der Waals surface area contributed by atoms with Gasteiger partial charge in [0.05, 0.1) is 17.3 Å². The zero-order valence-electron chi connectivity index (χ0n) is 9.18. The predicted molar refractivity (Wildman–Crippen MR) is 69.4 cm³/mol. The highest BCUT2D eigenvalue weighted by atomic mass is 79.9. The molecule has 0 aliphatic carbocycles. The molecule has 0 fully saturated rings. The highest BCUT2D eigenvalue weighted by Gasteiger charge is 2.07. The van der Waals surface area contributed by atoms with Crippen LogP contribution in [-0.2, 0) is 0 Å². The zero-order valence-corrected chi connectivity index (χ0v) is 10.8. The van der Waals surface area contributed by atoms with Crippen molar-refractivity contribution in [2.24, 2.45) is 0 Å². The van der Waals surface area contributed by atoms with Crippen LogP contribution in [0.25, 0.3) is 0 Å². The first-order valence-corrected chi connectivity index (χ1v) is 5.72. The van der Waals surface area contributed by atoms with Gasteiger partial charge in [-0.25, -0.2) is 4.98 Å². The van der Waals surface area contributed by atoms with Crippen molar-refractivity contribution >= 4 is 21.6 Å². The number of methoxy groups -OCH3 is 1. The third-order valence-corrected chi connectivity index (χ3v) is 2.75. The number of halogens is 1. The van der Waals surface area contributed by atoms with Gasteiger partial charge in [-0.3, -0.25) is 0 Å². The van der Waals surface area contributed by atoms with Crippen molar-refractivity contribution in [3.63, 3.8) is 0 Å². The SMILES string of the molecule is COc1ccc(Oc2ncccc2Br)c(N)c1. The molecule has 0 unspecified atom stereocenters. The Labute approximate surface area is 108 Å². The summed E-state index contributed by atoms with van der Waals surface area (Å²) in [6.07, 6.45) is 1.65. The molecule has 4 nitrogen and oxygen atoms in total. The molecule has 2 rings (SSSR count). The van der Waals surface area contributed by atoms with E-state index in [9.17, 15) is 0 Å². The van der Waals surface area contributed by atoms with Crippen LogP contribution in [0.1, 0.15) is 0 Å². The minimum absolute atomic E-state index is 0.476. The summed E-state index contributed by atoms with van der Waals surface area (Å²) in [6.45, 7) is 0. The van der Waals surface area contributed by atoms with Crippen LogP contribution in [0.5, 0.6) is 17.4 Å². The summed E-state index contributed by atoms with van der Waals surface area (Å²) >= 11 is 3.35. The number of ether oxygens (including phenoxy) is 2. The molecular weight excluding hydrogens is 284 g/mol. The van der Waals surface area contributed by atoms with Crippen LogP contribution in [0, 0.1) is 0 Å². The molecule has 0 bridgehead atoms. The zero-order chi connectivity index (χ0) is 12.3. The largest absolute Gasteiger partial charge is 0.497 e. The van der Waals surface area contributed by atoms with Crippen LogP contribution in [0.4, 0.5) is 5.69 Å². The molecule has 5 heteroatoms. The second-order valence-electron chi connectivity index (χ2n) is 3.30. The number of nitrogen functional groups attached to an aromatic ring is 1. The van der Waals surface area contributed by atoms with Crippen LogP contribution in [0.2, 0.25) is 0 Å². The van der Waals surface area contributed by atoms with Crippen molar-refractivity contribution in [1.82, 2.24) is 4.98 Å². The molecule has 1 heterocycles. The fourth-order valence-corrected chi connectivity index (χ4v) is 1.63. The standard InChI is InChI=1S/C12H11BrN2O2/c1-16-8-4-5-11(10(14)7-8)17-12-9(13)3-2-6-15-12/h2-7H,14H2,1H3. The van der Waals surface area contributed by atoms with E-state index >= 15 is 0 Å². The summed E-state index contributed by atoms with van der Waals surface area (Å²) in [7, 11) is 1.59. The number of anilines is 1. The topological polar surface area (TPSA) is 57.4 Å². The van der Waals surface area contributed by atoms with E-state index in [0.29, 0.717) is 23.1 Å². The average Bonchev–Trinajstić information content (AvgIpc) is 2.34. The molecule has 1 aromatic heterocycles. The van der Waals surface area contributed by atoms with Gasteiger partial charge in [0, 0.05) is 12.3 Å². The van der Waals surface area contributed by atoms with E-state index in [2.05, 4.69) is 20.9 Å². The molecule has 2 aromatic rings. The van der Waals surface area contributed by atoms with E-state index in [4.69, 9.17) is 15.2 Å². The van der Waals surface area contributed by atoms with Gasteiger partial charge in [0.25, 0.3) is 0 Å². The number of hydrogen-bond donors (Lipinski definition) is 1. The maximum atomic E-state index is 5.85. The molecule has 0 radical (unpaired) electrons. The Kier molecular flexibility index (Phi) is 3.49. The fraction of sp³-hybridized carbons (Fsp3) is 0.0833. The van der Waals surface area contributed by atoms with E-state index in [1.165, 1.54) is 0 Å². The van der Waals surface area contributed by atoms with Gasteiger partial charge in [0.15, 0.2) is 5.75 Å². The molecule has 1 aromatic carbocycles. The Balaban J connectivity index is 2.28. The lowest BCUT2D eigenvalue weighted by molar-refractivity contribution is 0.412. The lowest BCUT2D eigenvalue weighted by Gasteiger charge is -2.09. The van der Waals surface area contributed by atoms with Crippen LogP contribution in [0.3, 0.4) is 0 Å². The molecule has 88 valence electrons. The molecule has 0 aliphatic rings. The first-order chi connectivity index (χ1) is 8.20. The number of nitrogens with two attached hydrogens (primary N) is 1. The van der Waals surface area contributed by atoms with Gasteiger partial charge in [0.1, 0.15) is 5.75 Å². The Morgan fingerprint density at radius 3 is 2.76 bits per heavy atom. The first kappa shape index (κ1) is 11.7. The molecule has 0 aliphatic heterocycles. The lowest BCUT2D eigenvalue weighted by atomic mass is 10.3. The van der Waals surface area contributed by atoms with E-state index in [0.717, 1.165) is 4.47 Å². The molecular formula is C12H11BrN2O2. The number of benzene rings is 1. The monoisotopic (exact) mass is 294 g/mol. The predicted octanol–water partition coefficient (Wildman–Crippen LogP) is 3.23. The molecule has 0 amide bonds. The first-order valence-electron chi connectivity index (χ1n) is 4.92.